The van der Waals surface area contributed by atoms with Crippen molar-refractivity contribution in [2.24, 2.45) is 0 Å². The van der Waals surface area contributed by atoms with Gasteiger partial charge in [0.1, 0.15) is 0 Å². The van der Waals surface area contributed by atoms with Crippen LogP contribution in [-0.4, -0.2) is 10.4 Å². The molecule has 0 saturated heterocycles. The number of hydrogen-bond acceptors (Lipinski definition) is 1. The third-order valence-electron chi connectivity index (χ3n) is 3.20. The predicted molar refractivity (Wildman–Crippen MR) is 70.7 cm³/mol. The molecule has 1 aliphatic carbocycles. The van der Waals surface area contributed by atoms with Gasteiger partial charge in [-0.15, -0.1) is 0 Å². The van der Waals surface area contributed by atoms with Gasteiger partial charge in [-0.05, 0) is 37.1 Å². The summed E-state index contributed by atoms with van der Waals surface area (Å²) in [4.78, 5) is 11.8. The Bertz CT molecular complexity index is 586. The van der Waals surface area contributed by atoms with E-state index in [1.165, 1.54) is 0 Å². The topological polar surface area (TPSA) is 22.0 Å². The van der Waals surface area contributed by atoms with Crippen LogP contribution in [0.5, 0.6) is 0 Å². The van der Waals surface area contributed by atoms with Crippen molar-refractivity contribution in [2.45, 2.75) is 19.3 Å². The molecule has 0 amide bonds. The van der Waals surface area contributed by atoms with E-state index in [4.69, 9.17) is 0 Å². The summed E-state index contributed by atoms with van der Waals surface area (Å²) in [6.07, 6.45) is 4.63. The highest BCUT2D eigenvalue weighted by atomic mass is 79.9. The van der Waals surface area contributed by atoms with E-state index in [-0.39, 0.29) is 5.78 Å². The quantitative estimate of drug-likeness (QED) is 0.784. The molecular weight excluding hydrogens is 278 g/mol. The molecule has 17 heavy (non-hydrogen) atoms. The number of rotatable bonds is 1. The van der Waals surface area contributed by atoms with Gasteiger partial charge in [-0.2, -0.15) is 0 Å². The standard InChI is InChI=1S/C14H12BrNO/c15-10-3-1-4-11(9-10)16-8-7-12-13(16)5-2-6-14(12)17/h1,3-4,7-9H,2,5-6H2. The van der Waals surface area contributed by atoms with Crippen LogP contribution in [-0.2, 0) is 6.42 Å². The summed E-state index contributed by atoms with van der Waals surface area (Å²) in [5.74, 6) is 0.278. The summed E-state index contributed by atoms with van der Waals surface area (Å²) in [5, 5.41) is 0. The molecule has 3 rings (SSSR count). The number of nitrogens with zero attached hydrogens (tertiary/aromatic N) is 1. The predicted octanol–water partition coefficient (Wildman–Crippen LogP) is 3.76. The van der Waals surface area contributed by atoms with Gasteiger partial charge in [-0.25, -0.2) is 0 Å². The zero-order valence-electron chi connectivity index (χ0n) is 9.32. The number of carbonyl (C=O) groups excluding carboxylic acids is 1. The van der Waals surface area contributed by atoms with Crippen molar-refractivity contribution < 1.29 is 4.79 Å². The first-order valence-electron chi connectivity index (χ1n) is 5.75. The molecule has 0 N–H and O–H groups in total. The second-order valence-corrected chi connectivity index (χ2v) is 5.22. The molecule has 0 unspecified atom stereocenters. The minimum atomic E-state index is 0.278. The summed E-state index contributed by atoms with van der Waals surface area (Å²) in [7, 11) is 0. The maximum atomic E-state index is 11.8. The number of hydrogen-bond donors (Lipinski definition) is 0. The lowest BCUT2D eigenvalue weighted by atomic mass is 9.97. The van der Waals surface area contributed by atoms with Crippen molar-refractivity contribution in [3.63, 3.8) is 0 Å². The number of Topliss-reactive ketones (excluding diaryl/α,β-unsaturated/α-hetero) is 1. The third kappa shape index (κ3) is 1.84. The van der Waals surface area contributed by atoms with E-state index in [9.17, 15) is 4.79 Å². The molecule has 0 fully saturated rings. The Morgan fingerprint density at radius 1 is 1.18 bits per heavy atom. The smallest absolute Gasteiger partial charge is 0.164 e. The molecule has 0 saturated carbocycles. The van der Waals surface area contributed by atoms with Crippen LogP contribution >= 0.6 is 15.9 Å². The SMILES string of the molecule is O=C1CCCc2c1ccn2-c1cccc(Br)c1. The van der Waals surface area contributed by atoms with Crippen LogP contribution < -0.4 is 0 Å². The molecule has 86 valence electrons. The highest BCUT2D eigenvalue weighted by Gasteiger charge is 2.20. The highest BCUT2D eigenvalue weighted by molar-refractivity contribution is 9.10. The van der Waals surface area contributed by atoms with Gasteiger partial charge in [0.25, 0.3) is 0 Å². The van der Waals surface area contributed by atoms with E-state index in [0.717, 1.165) is 34.3 Å². The summed E-state index contributed by atoms with van der Waals surface area (Å²) < 4.78 is 3.18. The van der Waals surface area contributed by atoms with E-state index in [2.05, 4.69) is 32.6 Å². The Labute approximate surface area is 108 Å². The minimum Gasteiger partial charge on any atom is -0.320 e. The first-order chi connectivity index (χ1) is 8.25. The van der Waals surface area contributed by atoms with E-state index in [1.54, 1.807) is 0 Å². The Hall–Kier alpha value is -1.35. The molecule has 1 aliphatic rings. The number of ketones is 1. The number of benzene rings is 1. The fraction of sp³-hybridized carbons (Fsp3) is 0.214. The molecule has 1 heterocycles. The van der Waals surface area contributed by atoms with E-state index < -0.39 is 0 Å². The molecule has 3 heteroatoms. The van der Waals surface area contributed by atoms with Gasteiger partial charge < -0.3 is 4.57 Å². The first-order valence-corrected chi connectivity index (χ1v) is 6.54. The van der Waals surface area contributed by atoms with Crippen molar-refractivity contribution >= 4 is 21.7 Å². The molecule has 0 aliphatic heterocycles. The lowest BCUT2D eigenvalue weighted by molar-refractivity contribution is 0.0972. The second kappa shape index (κ2) is 4.15. The molecule has 2 nitrogen and oxygen atoms in total. The van der Waals surface area contributed by atoms with Gasteiger partial charge >= 0.3 is 0 Å². The number of fused-ring (bicyclic) bond motifs is 1. The average molecular weight is 290 g/mol. The summed E-state index contributed by atoms with van der Waals surface area (Å²) >= 11 is 3.48. The van der Waals surface area contributed by atoms with Crippen LogP contribution in [0, 0.1) is 0 Å². The molecule has 0 spiro atoms. The maximum Gasteiger partial charge on any atom is 0.164 e. The fourth-order valence-corrected chi connectivity index (χ4v) is 2.78. The van der Waals surface area contributed by atoms with Crippen molar-refractivity contribution in [3.8, 4) is 5.69 Å². The van der Waals surface area contributed by atoms with Crippen molar-refractivity contribution in [1.29, 1.82) is 0 Å². The normalized spacial score (nSPS) is 14.8. The summed E-state index contributed by atoms with van der Waals surface area (Å²) in [5.41, 5.74) is 3.16. The van der Waals surface area contributed by atoms with E-state index in [0.29, 0.717) is 6.42 Å². The van der Waals surface area contributed by atoms with Gasteiger partial charge in [-0.3, -0.25) is 4.79 Å². The maximum absolute atomic E-state index is 11.8. The van der Waals surface area contributed by atoms with Crippen LogP contribution in [0.1, 0.15) is 28.9 Å². The van der Waals surface area contributed by atoms with Gasteiger partial charge in [0.05, 0.1) is 0 Å². The molecular formula is C14H12BrNO. The zero-order chi connectivity index (χ0) is 11.8. The lowest BCUT2D eigenvalue weighted by Crippen LogP contribution is -2.12. The Kier molecular flexibility index (Phi) is 2.63. The lowest BCUT2D eigenvalue weighted by Gasteiger charge is -2.15. The molecule has 1 aromatic heterocycles. The fourth-order valence-electron chi connectivity index (χ4n) is 2.39. The van der Waals surface area contributed by atoms with Crippen molar-refractivity contribution in [1.82, 2.24) is 4.57 Å². The Morgan fingerprint density at radius 3 is 2.88 bits per heavy atom. The van der Waals surface area contributed by atoms with Gasteiger partial charge in [0, 0.05) is 34.0 Å². The van der Waals surface area contributed by atoms with Gasteiger partial charge in [0.15, 0.2) is 5.78 Å². The summed E-state index contributed by atoms with van der Waals surface area (Å²) in [6.45, 7) is 0. The van der Waals surface area contributed by atoms with Crippen molar-refractivity contribution in [2.75, 3.05) is 0 Å². The molecule has 2 aromatic rings. The second-order valence-electron chi connectivity index (χ2n) is 4.30. The van der Waals surface area contributed by atoms with Crippen LogP contribution in [0.4, 0.5) is 0 Å². The van der Waals surface area contributed by atoms with Crippen LogP contribution in [0.3, 0.4) is 0 Å². The Balaban J connectivity index is 2.13. The minimum absolute atomic E-state index is 0.278. The first kappa shape index (κ1) is 10.8. The van der Waals surface area contributed by atoms with Gasteiger partial charge in [-0.1, -0.05) is 22.0 Å². The van der Waals surface area contributed by atoms with E-state index in [1.807, 2.05) is 24.4 Å². The summed E-state index contributed by atoms with van der Waals surface area (Å²) in [6, 6.07) is 10.1. The zero-order valence-corrected chi connectivity index (χ0v) is 10.9. The monoisotopic (exact) mass is 289 g/mol. The van der Waals surface area contributed by atoms with Crippen LogP contribution in [0.15, 0.2) is 41.0 Å². The average Bonchev–Trinajstić information content (AvgIpc) is 2.74. The highest BCUT2D eigenvalue weighted by Crippen LogP contribution is 2.26. The van der Waals surface area contributed by atoms with Gasteiger partial charge in [0.2, 0.25) is 0 Å². The number of carbonyl (C=O) groups is 1. The number of aromatic nitrogens is 1. The van der Waals surface area contributed by atoms with E-state index >= 15 is 0 Å². The third-order valence-corrected chi connectivity index (χ3v) is 3.69. The van der Waals surface area contributed by atoms with Crippen molar-refractivity contribution in [3.05, 3.63) is 52.3 Å². The molecule has 0 bridgehead atoms. The Morgan fingerprint density at radius 2 is 2.06 bits per heavy atom. The molecule has 0 atom stereocenters. The van der Waals surface area contributed by atoms with Crippen LogP contribution in [0.25, 0.3) is 5.69 Å². The number of halogens is 1. The molecule has 0 radical (unpaired) electrons. The molecule has 1 aromatic carbocycles. The van der Waals surface area contributed by atoms with Crippen LogP contribution in [0.2, 0.25) is 0 Å². The largest absolute Gasteiger partial charge is 0.320 e.